The van der Waals surface area contributed by atoms with Crippen molar-refractivity contribution >= 4 is 11.6 Å². The molecule has 1 amide bonds. The molecular weight excluding hydrogens is 281 g/mol. The van der Waals surface area contributed by atoms with Gasteiger partial charge in [0.2, 0.25) is 5.91 Å². The van der Waals surface area contributed by atoms with Crippen molar-refractivity contribution in [3.8, 4) is 5.75 Å². The molecule has 1 rings (SSSR count). The van der Waals surface area contributed by atoms with Crippen molar-refractivity contribution in [2.45, 2.75) is 26.3 Å². The van der Waals surface area contributed by atoms with Crippen LogP contribution in [0.2, 0.25) is 0 Å². The fraction of sp³-hybridized carbons (Fsp3) is 0.462. The van der Waals surface area contributed by atoms with E-state index in [-0.39, 0.29) is 23.6 Å². The summed E-state index contributed by atoms with van der Waals surface area (Å²) in [6, 6.07) is 2.01. The number of nitrogens with zero attached hydrogens (tertiary/aromatic N) is 1. The summed E-state index contributed by atoms with van der Waals surface area (Å²) in [7, 11) is 0. The molecule has 0 radical (unpaired) electrons. The van der Waals surface area contributed by atoms with Crippen LogP contribution in [0, 0.1) is 22.9 Å². The first-order chi connectivity index (χ1) is 9.71. The molecule has 0 saturated heterocycles. The summed E-state index contributed by atoms with van der Waals surface area (Å²) in [5.74, 6) is -1.66. The van der Waals surface area contributed by atoms with Gasteiger partial charge in [0.05, 0.1) is 11.0 Å². The van der Waals surface area contributed by atoms with Gasteiger partial charge in [0.15, 0.2) is 11.6 Å². The molecule has 0 aliphatic carbocycles. The Balaban J connectivity index is 2.96. The molecule has 116 valence electrons. The van der Waals surface area contributed by atoms with Crippen molar-refractivity contribution in [3.63, 3.8) is 0 Å². The third-order valence-electron chi connectivity index (χ3n) is 3.07. The van der Waals surface area contributed by atoms with E-state index in [4.69, 9.17) is 10.5 Å². The maximum absolute atomic E-state index is 13.8. The number of likely N-dealkylation sites (N-methyl/N-ethyl adjacent to an activating group) is 1. The second kappa shape index (κ2) is 6.49. The third kappa shape index (κ3) is 3.88. The summed E-state index contributed by atoms with van der Waals surface area (Å²) in [6.07, 6.45) is 0. The van der Waals surface area contributed by atoms with Crippen molar-refractivity contribution in [2.75, 3.05) is 13.2 Å². The van der Waals surface area contributed by atoms with Crippen LogP contribution < -0.4 is 15.8 Å². The van der Waals surface area contributed by atoms with E-state index in [0.29, 0.717) is 6.54 Å². The number of nitro groups is 1. The zero-order chi connectivity index (χ0) is 16.2. The fourth-order valence-electron chi connectivity index (χ4n) is 1.77. The summed E-state index contributed by atoms with van der Waals surface area (Å²) < 4.78 is 19.1. The second-order valence-corrected chi connectivity index (χ2v) is 4.84. The van der Waals surface area contributed by atoms with E-state index in [1.165, 1.54) is 19.9 Å². The van der Waals surface area contributed by atoms with Gasteiger partial charge in [0, 0.05) is 5.56 Å². The minimum Gasteiger partial charge on any atom is -0.488 e. The van der Waals surface area contributed by atoms with Crippen LogP contribution in [0.4, 0.5) is 10.1 Å². The minimum absolute atomic E-state index is 0.163. The van der Waals surface area contributed by atoms with Crippen LogP contribution in [0.15, 0.2) is 12.1 Å². The molecule has 0 saturated carbocycles. The number of halogens is 1. The van der Waals surface area contributed by atoms with Gasteiger partial charge in [0.25, 0.3) is 5.69 Å². The molecule has 8 heteroatoms. The monoisotopic (exact) mass is 299 g/mol. The predicted molar refractivity (Wildman–Crippen MR) is 74.6 cm³/mol. The van der Waals surface area contributed by atoms with E-state index in [0.717, 1.165) is 6.07 Å². The first-order valence-corrected chi connectivity index (χ1v) is 6.33. The molecule has 0 aliphatic heterocycles. The lowest BCUT2D eigenvalue weighted by Crippen LogP contribution is -2.57. The van der Waals surface area contributed by atoms with Crippen LogP contribution in [-0.4, -0.2) is 29.5 Å². The highest BCUT2D eigenvalue weighted by Gasteiger charge is 2.31. The standard InChI is InChI=1S/C13H18FN3O4/c1-4-16-13(3,12(15)18)7-21-11-5-8(2)10(17(19)20)6-9(11)14/h5-6,16H,4,7H2,1-3H3,(H2,15,18). The van der Waals surface area contributed by atoms with Gasteiger partial charge < -0.3 is 15.8 Å². The minimum atomic E-state index is -1.16. The van der Waals surface area contributed by atoms with E-state index in [2.05, 4.69) is 5.32 Å². The van der Waals surface area contributed by atoms with Crippen molar-refractivity contribution in [1.29, 1.82) is 0 Å². The molecule has 3 N–H and O–H groups in total. The lowest BCUT2D eigenvalue weighted by Gasteiger charge is -2.27. The largest absolute Gasteiger partial charge is 0.488 e. The van der Waals surface area contributed by atoms with Gasteiger partial charge in [-0.2, -0.15) is 0 Å². The van der Waals surface area contributed by atoms with Crippen molar-refractivity contribution in [3.05, 3.63) is 33.6 Å². The highest BCUT2D eigenvalue weighted by Crippen LogP contribution is 2.27. The lowest BCUT2D eigenvalue weighted by atomic mass is 10.0. The Morgan fingerprint density at radius 2 is 2.19 bits per heavy atom. The first-order valence-electron chi connectivity index (χ1n) is 6.33. The molecule has 0 spiro atoms. The number of ether oxygens (including phenoxy) is 1. The van der Waals surface area contributed by atoms with Crippen LogP contribution in [0.5, 0.6) is 5.75 Å². The Morgan fingerprint density at radius 1 is 1.57 bits per heavy atom. The van der Waals surface area contributed by atoms with E-state index in [1.54, 1.807) is 6.92 Å². The van der Waals surface area contributed by atoms with Gasteiger partial charge >= 0.3 is 0 Å². The fourth-order valence-corrected chi connectivity index (χ4v) is 1.77. The van der Waals surface area contributed by atoms with Crippen molar-refractivity contribution < 1.29 is 18.8 Å². The van der Waals surface area contributed by atoms with Gasteiger partial charge in [-0.1, -0.05) is 6.92 Å². The number of carbonyl (C=O) groups excluding carboxylic acids is 1. The van der Waals surface area contributed by atoms with Gasteiger partial charge in [-0.15, -0.1) is 0 Å². The van der Waals surface area contributed by atoms with Crippen molar-refractivity contribution in [2.24, 2.45) is 5.73 Å². The zero-order valence-corrected chi connectivity index (χ0v) is 12.1. The summed E-state index contributed by atoms with van der Waals surface area (Å²) in [5.41, 5.74) is 4.07. The average molecular weight is 299 g/mol. The molecular formula is C13H18FN3O4. The van der Waals surface area contributed by atoms with E-state index < -0.39 is 22.2 Å². The smallest absolute Gasteiger partial charge is 0.275 e. The molecule has 1 aromatic rings. The van der Waals surface area contributed by atoms with E-state index >= 15 is 0 Å². The summed E-state index contributed by atoms with van der Waals surface area (Å²) in [5, 5.41) is 13.6. The lowest BCUT2D eigenvalue weighted by molar-refractivity contribution is -0.385. The van der Waals surface area contributed by atoms with Gasteiger partial charge in [-0.25, -0.2) is 4.39 Å². The number of nitrogens with two attached hydrogens (primary N) is 1. The number of hydrogen-bond acceptors (Lipinski definition) is 5. The number of carbonyl (C=O) groups is 1. The van der Waals surface area contributed by atoms with Crippen LogP contribution >= 0.6 is 0 Å². The Bertz CT molecular complexity index is 565. The van der Waals surface area contributed by atoms with E-state index in [1.807, 2.05) is 0 Å². The Morgan fingerprint density at radius 3 is 2.67 bits per heavy atom. The normalized spacial score (nSPS) is 13.5. The quantitative estimate of drug-likeness (QED) is 0.582. The highest BCUT2D eigenvalue weighted by molar-refractivity contribution is 5.84. The Labute approximate surface area is 121 Å². The van der Waals surface area contributed by atoms with Gasteiger partial charge in [0.1, 0.15) is 12.1 Å². The van der Waals surface area contributed by atoms with Gasteiger partial charge in [-0.05, 0) is 26.5 Å². The zero-order valence-electron chi connectivity index (χ0n) is 12.1. The number of amides is 1. The van der Waals surface area contributed by atoms with Crippen LogP contribution in [0.1, 0.15) is 19.4 Å². The Kier molecular flexibility index (Phi) is 5.20. The predicted octanol–water partition coefficient (Wildman–Crippen LogP) is 1.27. The SMILES string of the molecule is CCNC(C)(COc1cc(C)c([N+](=O)[O-])cc1F)C(N)=O. The number of nitrogens with one attached hydrogen (secondary N) is 1. The second-order valence-electron chi connectivity index (χ2n) is 4.84. The molecule has 7 nitrogen and oxygen atoms in total. The highest BCUT2D eigenvalue weighted by atomic mass is 19.1. The van der Waals surface area contributed by atoms with Crippen molar-refractivity contribution in [1.82, 2.24) is 5.32 Å². The number of rotatable bonds is 7. The van der Waals surface area contributed by atoms with Crippen LogP contribution in [-0.2, 0) is 4.79 Å². The number of benzene rings is 1. The maximum Gasteiger partial charge on any atom is 0.275 e. The molecule has 21 heavy (non-hydrogen) atoms. The maximum atomic E-state index is 13.8. The number of hydrogen-bond donors (Lipinski definition) is 2. The van der Waals surface area contributed by atoms with E-state index in [9.17, 15) is 19.3 Å². The molecule has 0 aromatic heterocycles. The molecule has 0 heterocycles. The van der Waals surface area contributed by atoms with Gasteiger partial charge in [-0.3, -0.25) is 14.9 Å². The topological polar surface area (TPSA) is 107 Å². The summed E-state index contributed by atoms with van der Waals surface area (Å²) >= 11 is 0. The first kappa shape index (κ1) is 16.8. The number of nitro benzene ring substituents is 1. The summed E-state index contributed by atoms with van der Waals surface area (Å²) in [6.45, 7) is 5.09. The molecule has 0 bridgehead atoms. The number of primary amides is 1. The molecule has 0 fully saturated rings. The molecule has 1 aromatic carbocycles. The number of aryl methyl sites for hydroxylation is 1. The molecule has 0 aliphatic rings. The Hall–Kier alpha value is -2.22. The molecule has 1 unspecified atom stereocenters. The summed E-state index contributed by atoms with van der Waals surface area (Å²) in [4.78, 5) is 21.5. The third-order valence-corrected chi connectivity index (χ3v) is 3.07. The van der Waals surface area contributed by atoms with Crippen LogP contribution in [0.3, 0.4) is 0 Å². The van der Waals surface area contributed by atoms with Crippen LogP contribution in [0.25, 0.3) is 0 Å². The molecule has 1 atom stereocenters. The average Bonchev–Trinajstić information content (AvgIpc) is 2.39.